The molecule has 0 fully saturated rings. The van der Waals surface area contributed by atoms with Crippen molar-refractivity contribution in [3.8, 4) is 0 Å². The van der Waals surface area contributed by atoms with Gasteiger partial charge in [0.25, 0.3) is 0 Å². The molecule has 0 saturated carbocycles. The molecule has 0 atom stereocenters. The molecule has 0 bridgehead atoms. The summed E-state index contributed by atoms with van der Waals surface area (Å²) < 4.78 is 120. The zero-order chi connectivity index (χ0) is 37.0. The van der Waals surface area contributed by atoms with E-state index >= 15 is 0 Å². The Morgan fingerprint density at radius 3 is 1.44 bits per heavy atom. The van der Waals surface area contributed by atoms with Crippen molar-refractivity contribution in [2.24, 2.45) is 0 Å². The quantitative estimate of drug-likeness (QED) is 0.0483. The van der Waals surface area contributed by atoms with Gasteiger partial charge in [0, 0.05) is 7.14 Å². The van der Waals surface area contributed by atoms with Gasteiger partial charge in [-0.25, -0.2) is 22.0 Å². The van der Waals surface area contributed by atoms with Crippen molar-refractivity contribution in [1.29, 1.82) is 0 Å². The molecule has 0 aliphatic carbocycles. The Morgan fingerprint density at radius 1 is 0.688 bits per heavy atom. The number of nitrogens with two attached hydrogens (primary N) is 1. The topological polar surface area (TPSA) is 161 Å². The molecule has 0 aliphatic heterocycles. The van der Waals surface area contributed by atoms with Gasteiger partial charge in [0.1, 0.15) is 23.1 Å². The Balaban J connectivity index is 0.000000395. The molecule has 4 rings (SSSR count). The van der Waals surface area contributed by atoms with Gasteiger partial charge in [0.15, 0.2) is 17.3 Å². The first-order chi connectivity index (χ1) is 22.3. The third-order valence-electron chi connectivity index (χ3n) is 5.48. The fourth-order valence-corrected chi connectivity index (χ4v) is 4.28. The number of nitrogens with one attached hydrogen (secondary N) is 2. The minimum atomic E-state index is -2.95. The first-order valence-electron chi connectivity index (χ1n) is 12.9. The van der Waals surface area contributed by atoms with E-state index in [1.165, 1.54) is 87.8 Å². The van der Waals surface area contributed by atoms with Gasteiger partial charge in [-0.05, 0) is 119 Å². The van der Waals surface area contributed by atoms with Gasteiger partial charge >= 0.3 is 67.8 Å². The zero-order valence-corrected chi connectivity index (χ0v) is 34.9. The molecule has 0 amide bonds. The summed E-state index contributed by atoms with van der Waals surface area (Å²) in [6, 6.07) is 10.1. The van der Waals surface area contributed by atoms with Crippen LogP contribution in [0.15, 0.2) is 48.5 Å². The molecule has 0 radical (unpaired) electrons. The van der Waals surface area contributed by atoms with E-state index < -0.39 is 69.7 Å². The molecule has 48 heavy (non-hydrogen) atoms. The first kappa shape index (κ1) is 44.4. The molecule has 10 nitrogen and oxygen atoms in total. The molecule has 0 unspecified atom stereocenters. The number of halogens is 8. The Labute approximate surface area is 327 Å². The van der Waals surface area contributed by atoms with Crippen molar-refractivity contribution >= 4 is 141 Å². The summed E-state index contributed by atoms with van der Waals surface area (Å²) >= 11 is 6.72. The van der Waals surface area contributed by atoms with Gasteiger partial charge < -0.3 is 16.4 Å². The predicted molar refractivity (Wildman–Crippen MR) is 187 cm³/mol. The first-order valence-corrected chi connectivity index (χ1v) is 25.7. The molecule has 0 saturated heterocycles. The summed E-state index contributed by atoms with van der Waals surface area (Å²) in [5, 5.41) is 15.7. The number of anilines is 5. The predicted octanol–water partition coefficient (Wildman–Crippen LogP) is 6.91. The van der Waals surface area contributed by atoms with Gasteiger partial charge in [-0.3, -0.25) is 10.1 Å². The normalized spacial score (nSPS) is 9.88. The van der Waals surface area contributed by atoms with Gasteiger partial charge in [0.05, 0.1) is 22.0 Å². The van der Waals surface area contributed by atoms with Crippen LogP contribution in [0.5, 0.6) is 0 Å². The van der Waals surface area contributed by atoms with E-state index in [4.69, 9.17) is 22.6 Å². The number of rotatable bonds is 5. The van der Waals surface area contributed by atoms with E-state index in [2.05, 4.69) is 10.6 Å². The van der Waals surface area contributed by atoms with Crippen LogP contribution in [0.25, 0.3) is 0 Å². The maximum absolute atomic E-state index is 14.0. The van der Waals surface area contributed by atoms with E-state index in [1.54, 1.807) is 6.07 Å². The number of nitro benzene ring substituents is 1. The monoisotopic (exact) mass is 960 g/mol. The van der Waals surface area contributed by atoms with Crippen LogP contribution in [0.2, 0.25) is 0 Å². The summed E-state index contributed by atoms with van der Waals surface area (Å²) in [7, 11) is -5.90. The molecule has 22 heteroatoms. The number of hydrogen-bond acceptors (Lipinski definition) is 9. The van der Waals surface area contributed by atoms with Crippen molar-refractivity contribution in [1.82, 2.24) is 0 Å². The average Bonchev–Trinajstić information content (AvgIpc) is 3.00. The molecule has 248 valence electrons. The van der Waals surface area contributed by atoms with Crippen molar-refractivity contribution in [3.05, 3.63) is 112 Å². The zero-order valence-electron chi connectivity index (χ0n) is 24.9. The molecule has 0 spiro atoms. The van der Waals surface area contributed by atoms with Crippen LogP contribution in [0.1, 0.15) is 11.1 Å². The maximum atomic E-state index is 14.0. The van der Waals surface area contributed by atoms with Crippen LogP contribution in [0.3, 0.4) is 0 Å². The Kier molecular flexibility index (Phi) is 19.3. The average molecular weight is 960 g/mol. The third kappa shape index (κ3) is 12.9. The Bertz CT molecular complexity index is 2030. The third-order valence-corrected chi connectivity index (χ3v) is 7.71. The van der Waals surface area contributed by atoms with E-state index in [9.17, 15) is 36.5 Å². The van der Waals surface area contributed by atoms with Gasteiger partial charge in [0.2, 0.25) is 5.82 Å². The summed E-state index contributed by atoms with van der Waals surface area (Å²) in [6.45, 7) is 2.67. The van der Waals surface area contributed by atoms with Crippen LogP contribution in [0.4, 0.5) is 60.5 Å². The molecule has 4 N–H and O–H groups in total. The number of aryl methyl sites for hydroxylation is 2. The van der Waals surface area contributed by atoms with E-state index in [-0.39, 0.29) is 33.9 Å². The fourth-order valence-electron chi connectivity index (χ4n) is 3.37. The standard InChI is InChI=1S/C13H8F3IN2O2.C13H10F3IN2.2Na.O4S2/c1-6-4-9(15)13(19(20)21)12(11(6)16)18-10-3-2-7(17)5-8(10)14;1-6-4-9(15)12(18)13(11(6)16)19-10-3-2-7(17)5-8(10)14;;;1-5(2)6(3)4/h2-5,18H,1H3;2-5,19H,18H2,1H3;;;. The fraction of sp³-hybridized carbons (Fsp3) is 0.0769. The van der Waals surface area contributed by atoms with Gasteiger partial charge in [-0.2, -0.15) is 21.2 Å². The number of nitrogens with zero attached hydrogens (tertiary/aromatic N) is 1. The van der Waals surface area contributed by atoms with Crippen LogP contribution < -0.4 is 16.4 Å². The van der Waals surface area contributed by atoms with Gasteiger partial charge in [-0.15, -0.1) is 0 Å². The number of benzene rings is 4. The molecule has 0 heterocycles. The van der Waals surface area contributed by atoms with Crippen LogP contribution >= 0.6 is 45.2 Å². The summed E-state index contributed by atoms with van der Waals surface area (Å²) in [5.74, 6) is -4.91. The minimum absolute atomic E-state index is 0.0380. The van der Waals surface area contributed by atoms with Crippen molar-refractivity contribution in [3.63, 3.8) is 0 Å². The molecule has 4 aromatic carbocycles. The Hall–Kier alpha value is -1.64. The summed E-state index contributed by atoms with van der Waals surface area (Å²) in [4.78, 5) is 9.85. The van der Waals surface area contributed by atoms with Crippen molar-refractivity contribution in [2.75, 3.05) is 16.4 Å². The van der Waals surface area contributed by atoms with Crippen LogP contribution in [-0.4, -0.2) is 65.4 Å². The number of hydrogen-bond donors (Lipinski definition) is 3. The van der Waals surface area contributed by atoms with E-state index in [0.717, 1.165) is 12.1 Å². The molecule has 0 aliphatic rings. The van der Waals surface area contributed by atoms with Crippen LogP contribution in [-0.2, 0) is 18.5 Å². The van der Waals surface area contributed by atoms with Crippen molar-refractivity contribution in [2.45, 2.75) is 13.8 Å². The second-order valence-corrected chi connectivity index (χ2v) is 13.6. The second kappa shape index (κ2) is 20.9. The Morgan fingerprint density at radius 2 is 1.06 bits per heavy atom. The molecule has 0 aromatic heterocycles. The van der Waals surface area contributed by atoms with Crippen LogP contribution in [0, 0.1) is 66.0 Å². The molecular formula is C26H18F6I2N4Na2O6S2. The van der Waals surface area contributed by atoms with E-state index in [1.807, 2.05) is 45.2 Å². The second-order valence-electron chi connectivity index (χ2n) is 8.65. The SMILES string of the molecule is Cc1cc(F)c(N)c(Nc2ccc(I)cc2F)c1F.Cc1cc(F)c([N+](=O)[O-])c(Nc2ccc(I)cc2F)c1F.O=S(=O)=S(=O)=O.[Na][Na]. The van der Waals surface area contributed by atoms with Crippen molar-refractivity contribution < 1.29 is 48.1 Å². The van der Waals surface area contributed by atoms with E-state index in [0.29, 0.717) is 7.14 Å². The summed E-state index contributed by atoms with van der Waals surface area (Å²) in [6.07, 6.45) is 0. The number of nitro groups is 1. The van der Waals surface area contributed by atoms with Gasteiger partial charge in [-0.1, -0.05) is 0 Å². The molecule has 4 aromatic rings. The molecular weight excluding hydrogens is 942 g/mol. The number of nitrogen functional groups attached to an aromatic ring is 1. The summed E-state index contributed by atoms with van der Waals surface area (Å²) in [5.41, 5.74) is 2.93.